The van der Waals surface area contributed by atoms with Crippen LogP contribution in [0.4, 0.5) is 5.69 Å². The summed E-state index contributed by atoms with van der Waals surface area (Å²) in [5.41, 5.74) is 7.80. The largest absolute Gasteiger partial charge is 0.496 e. The Bertz CT molecular complexity index is 1010. The predicted molar refractivity (Wildman–Crippen MR) is 145 cm³/mol. The van der Waals surface area contributed by atoms with Gasteiger partial charge in [0.2, 0.25) is 0 Å². The van der Waals surface area contributed by atoms with E-state index >= 15 is 0 Å². The van der Waals surface area contributed by atoms with Crippen LogP contribution >= 0.6 is 36.4 Å². The van der Waals surface area contributed by atoms with E-state index in [1.165, 1.54) is 13.2 Å². The lowest BCUT2D eigenvalue weighted by Crippen LogP contribution is -2.55. The molecule has 1 amide bonds. The minimum atomic E-state index is -0.928. The van der Waals surface area contributed by atoms with Crippen LogP contribution in [0, 0.1) is 0 Å². The van der Waals surface area contributed by atoms with E-state index < -0.39 is 5.97 Å². The number of carbonyl (C=O) groups is 2. The standard InChI is InChI=1S/C24H31ClN4O5.2ClH/c1-33-21-12-19(26)18(25)11-17(21)23(30)28-20-7-9-29(14-22(20)34-2)10-8-27-13-15-3-5-16(6-4-15)24(31)32;;/h3-6,11-12,20,22,27H,7-10,13-14,26H2,1-2H3,(H,28,30)(H,31,32);2*1H/t20-,22+;;/m1../s1. The van der Waals surface area contributed by atoms with Crippen LogP contribution in [0.1, 0.15) is 32.7 Å². The van der Waals surface area contributed by atoms with E-state index in [1.54, 1.807) is 25.3 Å². The summed E-state index contributed by atoms with van der Waals surface area (Å²) in [4.78, 5) is 26.1. The van der Waals surface area contributed by atoms with Gasteiger partial charge in [-0.15, -0.1) is 24.8 Å². The van der Waals surface area contributed by atoms with Crippen molar-refractivity contribution in [1.82, 2.24) is 15.5 Å². The van der Waals surface area contributed by atoms with Gasteiger partial charge in [0.25, 0.3) is 5.91 Å². The summed E-state index contributed by atoms with van der Waals surface area (Å²) >= 11 is 6.10. The Morgan fingerprint density at radius 3 is 2.50 bits per heavy atom. The molecule has 0 spiro atoms. The number of piperidine rings is 1. The van der Waals surface area contributed by atoms with Crippen LogP contribution in [0.15, 0.2) is 36.4 Å². The zero-order chi connectivity index (χ0) is 24.7. The zero-order valence-corrected chi connectivity index (χ0v) is 22.5. The second-order valence-corrected chi connectivity index (χ2v) is 8.60. The Morgan fingerprint density at radius 1 is 1.19 bits per heavy atom. The molecular formula is C24H33Cl3N4O5. The molecule has 2 atom stereocenters. The number of nitrogens with zero attached hydrogens (tertiary/aromatic N) is 1. The molecule has 0 radical (unpaired) electrons. The molecule has 0 aliphatic carbocycles. The quantitative estimate of drug-likeness (QED) is 0.257. The number of anilines is 1. The van der Waals surface area contributed by atoms with Crippen molar-refractivity contribution >= 4 is 54.0 Å². The maximum absolute atomic E-state index is 12.9. The summed E-state index contributed by atoms with van der Waals surface area (Å²) in [5, 5.41) is 15.7. The molecule has 12 heteroatoms. The van der Waals surface area contributed by atoms with Gasteiger partial charge in [0.1, 0.15) is 5.75 Å². The van der Waals surface area contributed by atoms with Gasteiger partial charge in [-0.25, -0.2) is 4.79 Å². The van der Waals surface area contributed by atoms with Gasteiger partial charge in [0, 0.05) is 45.9 Å². The lowest BCUT2D eigenvalue weighted by atomic mass is 10.0. The second kappa shape index (κ2) is 15.1. The Balaban J connectivity index is 0.00000324. The fraction of sp³-hybridized carbons (Fsp3) is 0.417. The molecule has 2 aromatic carbocycles. The summed E-state index contributed by atoms with van der Waals surface area (Å²) in [7, 11) is 3.13. The summed E-state index contributed by atoms with van der Waals surface area (Å²) < 4.78 is 11.0. The van der Waals surface area contributed by atoms with Crippen molar-refractivity contribution in [3.05, 3.63) is 58.1 Å². The number of aromatic carboxylic acids is 1. The maximum atomic E-state index is 12.9. The first-order chi connectivity index (χ1) is 16.3. The van der Waals surface area contributed by atoms with Crippen LogP contribution in [-0.2, 0) is 11.3 Å². The van der Waals surface area contributed by atoms with Crippen molar-refractivity contribution < 1.29 is 24.2 Å². The van der Waals surface area contributed by atoms with Gasteiger partial charge in [-0.2, -0.15) is 0 Å². The molecule has 0 aromatic heterocycles. The first kappa shape index (κ1) is 31.8. The van der Waals surface area contributed by atoms with Crippen LogP contribution < -0.4 is 21.1 Å². The van der Waals surface area contributed by atoms with E-state index in [-0.39, 0.29) is 48.4 Å². The van der Waals surface area contributed by atoms with E-state index in [1.807, 2.05) is 12.1 Å². The molecule has 1 aliphatic rings. The second-order valence-electron chi connectivity index (χ2n) is 8.20. The number of nitrogen functional groups attached to an aromatic ring is 1. The fourth-order valence-corrected chi connectivity index (χ4v) is 4.15. The molecule has 0 saturated carbocycles. The van der Waals surface area contributed by atoms with Gasteiger partial charge < -0.3 is 30.9 Å². The molecule has 1 saturated heterocycles. The first-order valence-corrected chi connectivity index (χ1v) is 11.4. The molecule has 9 nitrogen and oxygen atoms in total. The highest BCUT2D eigenvalue weighted by Gasteiger charge is 2.31. The van der Waals surface area contributed by atoms with Gasteiger partial charge in [-0.3, -0.25) is 9.69 Å². The number of carbonyl (C=O) groups excluding carboxylic acids is 1. The van der Waals surface area contributed by atoms with E-state index in [0.717, 1.165) is 31.6 Å². The number of amides is 1. The SMILES string of the molecule is COc1cc(N)c(Cl)cc1C(=O)N[C@@H]1CCN(CCNCc2ccc(C(=O)O)cc2)C[C@@H]1OC.Cl.Cl. The summed E-state index contributed by atoms with van der Waals surface area (Å²) in [6.07, 6.45) is 0.586. The topological polar surface area (TPSA) is 126 Å². The van der Waals surface area contributed by atoms with Gasteiger partial charge in [-0.05, 0) is 30.2 Å². The molecule has 2 aromatic rings. The summed E-state index contributed by atoms with van der Waals surface area (Å²) in [6, 6.07) is 9.76. The zero-order valence-electron chi connectivity index (χ0n) is 20.2. The lowest BCUT2D eigenvalue weighted by molar-refractivity contribution is 0.00677. The summed E-state index contributed by atoms with van der Waals surface area (Å²) in [6.45, 7) is 3.77. The normalized spacial score (nSPS) is 17.4. The first-order valence-electron chi connectivity index (χ1n) is 11.0. The minimum Gasteiger partial charge on any atom is -0.496 e. The molecular weight excluding hydrogens is 531 g/mol. The van der Waals surface area contributed by atoms with Crippen LogP contribution in [0.5, 0.6) is 5.75 Å². The Labute approximate surface area is 228 Å². The molecule has 1 aliphatic heterocycles. The summed E-state index contributed by atoms with van der Waals surface area (Å²) in [5.74, 6) is -0.840. The molecule has 1 heterocycles. The molecule has 1 fully saturated rings. The van der Waals surface area contributed by atoms with Crippen molar-refractivity contribution in [1.29, 1.82) is 0 Å². The number of ether oxygens (including phenoxy) is 2. The third-order valence-corrected chi connectivity index (χ3v) is 6.29. The van der Waals surface area contributed by atoms with E-state index in [2.05, 4.69) is 15.5 Å². The number of halogens is 3. The monoisotopic (exact) mass is 562 g/mol. The van der Waals surface area contributed by atoms with Gasteiger partial charge in [0.05, 0.1) is 41.1 Å². The van der Waals surface area contributed by atoms with Gasteiger partial charge >= 0.3 is 5.97 Å². The minimum absolute atomic E-state index is 0. The average molecular weight is 564 g/mol. The molecule has 0 bridgehead atoms. The third-order valence-electron chi connectivity index (χ3n) is 5.96. The molecule has 200 valence electrons. The Kier molecular flexibility index (Phi) is 13.3. The molecule has 3 rings (SSSR count). The Hall–Kier alpha value is -2.27. The van der Waals surface area contributed by atoms with Crippen molar-refractivity contribution in [2.75, 3.05) is 46.1 Å². The molecule has 0 unspecified atom stereocenters. The predicted octanol–water partition coefficient (Wildman–Crippen LogP) is 3.08. The van der Waals surface area contributed by atoms with Crippen LogP contribution in [0.3, 0.4) is 0 Å². The number of nitrogens with two attached hydrogens (primary N) is 1. The third kappa shape index (κ3) is 8.40. The number of nitrogens with one attached hydrogen (secondary N) is 2. The lowest BCUT2D eigenvalue weighted by Gasteiger charge is -2.38. The highest BCUT2D eigenvalue weighted by molar-refractivity contribution is 6.33. The smallest absolute Gasteiger partial charge is 0.335 e. The number of likely N-dealkylation sites (tertiary alicyclic amines) is 1. The number of rotatable bonds is 10. The number of methoxy groups -OCH3 is 2. The van der Waals surface area contributed by atoms with Crippen molar-refractivity contribution in [2.24, 2.45) is 0 Å². The van der Waals surface area contributed by atoms with E-state index in [0.29, 0.717) is 35.1 Å². The van der Waals surface area contributed by atoms with Crippen LogP contribution in [0.2, 0.25) is 5.02 Å². The number of hydrogen-bond acceptors (Lipinski definition) is 7. The number of carboxylic acids is 1. The van der Waals surface area contributed by atoms with Crippen molar-refractivity contribution in [3.63, 3.8) is 0 Å². The van der Waals surface area contributed by atoms with Gasteiger partial charge in [0.15, 0.2) is 0 Å². The van der Waals surface area contributed by atoms with E-state index in [4.69, 9.17) is 31.9 Å². The number of benzene rings is 2. The van der Waals surface area contributed by atoms with Crippen molar-refractivity contribution in [2.45, 2.75) is 25.1 Å². The number of hydrogen-bond donors (Lipinski definition) is 4. The molecule has 5 N–H and O–H groups in total. The van der Waals surface area contributed by atoms with Gasteiger partial charge in [-0.1, -0.05) is 23.7 Å². The average Bonchev–Trinajstić information content (AvgIpc) is 2.84. The fourth-order valence-electron chi connectivity index (χ4n) is 3.98. The Morgan fingerprint density at radius 2 is 1.89 bits per heavy atom. The highest BCUT2D eigenvalue weighted by Crippen LogP contribution is 2.29. The maximum Gasteiger partial charge on any atom is 0.335 e. The van der Waals surface area contributed by atoms with E-state index in [9.17, 15) is 9.59 Å². The van der Waals surface area contributed by atoms with Crippen LogP contribution in [0.25, 0.3) is 0 Å². The number of carboxylic acid groups (broad SMARTS) is 1. The highest BCUT2D eigenvalue weighted by atomic mass is 35.5. The van der Waals surface area contributed by atoms with Crippen LogP contribution in [-0.4, -0.2) is 74.4 Å². The molecule has 36 heavy (non-hydrogen) atoms. The van der Waals surface area contributed by atoms with Crippen molar-refractivity contribution in [3.8, 4) is 5.75 Å².